The van der Waals surface area contributed by atoms with E-state index in [1.165, 1.54) is 0 Å². The van der Waals surface area contributed by atoms with Gasteiger partial charge in [0.25, 0.3) is 11.8 Å². The summed E-state index contributed by atoms with van der Waals surface area (Å²) >= 11 is 0. The van der Waals surface area contributed by atoms with Gasteiger partial charge in [-0.2, -0.15) is 0 Å². The largest absolute Gasteiger partial charge is 0.394 e. The van der Waals surface area contributed by atoms with Gasteiger partial charge >= 0.3 is 0 Å². The first kappa shape index (κ1) is 45.6. The summed E-state index contributed by atoms with van der Waals surface area (Å²) < 4.78 is 63.8. The average Bonchev–Trinajstić information content (AvgIpc) is 3.44. The number of carbonyl (C=O) groups excluding carboxylic acids is 1. The fourth-order valence-electron chi connectivity index (χ4n) is 7.75. The highest BCUT2D eigenvalue weighted by molar-refractivity contribution is 5.82. The number of carbonyl (C=O) groups is 1. The monoisotopic (exact) mass is 818 g/mol. The Kier molecular flexibility index (Phi) is 15.7. The lowest BCUT2D eigenvalue weighted by Gasteiger charge is -2.47. The van der Waals surface area contributed by atoms with Crippen LogP contribution in [0.5, 0.6) is 0 Å². The molecule has 3 heterocycles. The van der Waals surface area contributed by atoms with Gasteiger partial charge in [0.15, 0.2) is 25.0 Å². The molecule has 22 nitrogen and oxygen atoms in total. The van der Waals surface area contributed by atoms with Crippen molar-refractivity contribution in [1.82, 2.24) is 10.6 Å². The Morgan fingerprint density at radius 1 is 0.750 bits per heavy atom. The van der Waals surface area contributed by atoms with Gasteiger partial charge in [0, 0.05) is 25.2 Å². The van der Waals surface area contributed by atoms with Gasteiger partial charge in [-0.15, -0.1) is 0 Å². The third-order valence-corrected chi connectivity index (χ3v) is 11.2. The highest BCUT2D eigenvalue weighted by atomic mass is 19.3. The van der Waals surface area contributed by atoms with Crippen LogP contribution in [0.25, 0.3) is 0 Å². The van der Waals surface area contributed by atoms with E-state index in [1.807, 2.05) is 0 Å². The van der Waals surface area contributed by atoms with Gasteiger partial charge in [-0.1, -0.05) is 0 Å². The summed E-state index contributed by atoms with van der Waals surface area (Å²) in [6, 6.07) is -4.71. The highest BCUT2D eigenvalue weighted by Gasteiger charge is 2.55. The first-order valence-corrected chi connectivity index (χ1v) is 18.8. The minimum absolute atomic E-state index is 0.0387. The van der Waals surface area contributed by atoms with Crippen LogP contribution in [0, 0.1) is 5.92 Å². The van der Waals surface area contributed by atoms with Crippen molar-refractivity contribution in [3.63, 3.8) is 0 Å². The molecule has 24 heteroatoms. The smallest absolute Gasteiger partial charge is 0.294 e. The van der Waals surface area contributed by atoms with Gasteiger partial charge in [0.05, 0.1) is 43.5 Å². The maximum absolute atomic E-state index is 14.1. The second-order valence-corrected chi connectivity index (χ2v) is 15.5. The van der Waals surface area contributed by atoms with Crippen LogP contribution in [0.2, 0.25) is 0 Å². The molecule has 21 N–H and O–H groups in total. The lowest BCUT2D eigenvalue weighted by molar-refractivity contribution is -0.296. The van der Waals surface area contributed by atoms with E-state index in [9.17, 15) is 49.3 Å². The number of halogens is 2. The first-order valence-electron chi connectivity index (χ1n) is 18.8. The summed E-state index contributed by atoms with van der Waals surface area (Å²) in [4.78, 5) is 12.7. The maximum Gasteiger partial charge on any atom is 0.294 e. The van der Waals surface area contributed by atoms with Crippen LogP contribution in [-0.4, -0.2) is 203 Å². The molecule has 0 aromatic rings. The average molecular weight is 819 g/mol. The van der Waals surface area contributed by atoms with Crippen LogP contribution in [0.4, 0.5) is 8.78 Å². The minimum atomic E-state index is -4.01. The minimum Gasteiger partial charge on any atom is -0.394 e. The number of amides is 1. The van der Waals surface area contributed by atoms with Gasteiger partial charge in [0.1, 0.15) is 54.9 Å². The topological polar surface area (TPSA) is 394 Å². The SMILES string of the molecule is NC[C@@H]1O[C@H](O[C@H]2[C@@H](O)[C@H](O[C@@H]3[C@@H](O)[C@H](NC(=O)C(O)C(F)(F)CN)C[C@H](N)[C@H]3O[C@H]3O[C@H](CNCC4CC(N)C4)[C@@H](O)C[C@H]3N)O[C@@H]2CO)[C@H](N)[C@@H](O)[C@@H]1O. The second kappa shape index (κ2) is 19.3. The number of aliphatic hydroxyl groups is 7. The van der Waals surface area contributed by atoms with Crippen LogP contribution in [0.15, 0.2) is 0 Å². The quantitative estimate of drug-likeness (QED) is 0.0687. The molecule has 1 unspecified atom stereocenters. The van der Waals surface area contributed by atoms with E-state index in [0.29, 0.717) is 12.5 Å². The fraction of sp³-hybridized carbons (Fsp3) is 0.969. The summed E-state index contributed by atoms with van der Waals surface area (Å²) in [6.45, 7) is -1.48. The molecule has 0 aromatic carbocycles. The molecule has 0 aromatic heterocycles. The number of ether oxygens (including phenoxy) is 6. The van der Waals surface area contributed by atoms with E-state index in [2.05, 4.69) is 10.6 Å². The molecular weight excluding hydrogens is 758 g/mol. The number of nitrogens with two attached hydrogens (primary N) is 6. The van der Waals surface area contributed by atoms with E-state index >= 15 is 0 Å². The van der Waals surface area contributed by atoms with E-state index in [-0.39, 0.29) is 32.0 Å². The van der Waals surface area contributed by atoms with Gasteiger partial charge in [-0.05, 0) is 38.1 Å². The molecule has 19 atom stereocenters. The molecule has 5 fully saturated rings. The first-order chi connectivity index (χ1) is 26.4. The van der Waals surface area contributed by atoms with Crippen LogP contribution in [0.3, 0.4) is 0 Å². The van der Waals surface area contributed by atoms with Crippen LogP contribution >= 0.6 is 0 Å². The Labute approximate surface area is 321 Å². The number of rotatable bonds is 16. The molecule has 3 saturated heterocycles. The number of hydrogen-bond donors (Lipinski definition) is 15. The predicted octanol–water partition coefficient (Wildman–Crippen LogP) is -8.39. The molecule has 1 amide bonds. The van der Waals surface area contributed by atoms with Gasteiger partial charge in [-0.3, -0.25) is 4.79 Å². The van der Waals surface area contributed by atoms with Crippen molar-refractivity contribution in [1.29, 1.82) is 0 Å². The molecule has 5 aliphatic rings. The summed E-state index contributed by atoms with van der Waals surface area (Å²) in [5.74, 6) is -5.20. The van der Waals surface area contributed by atoms with E-state index in [1.54, 1.807) is 0 Å². The van der Waals surface area contributed by atoms with Crippen molar-refractivity contribution < 1.29 is 77.7 Å². The zero-order chi connectivity index (χ0) is 41.2. The molecular formula is C32H60F2N8O14. The van der Waals surface area contributed by atoms with Crippen molar-refractivity contribution in [3.8, 4) is 0 Å². The van der Waals surface area contributed by atoms with Crippen LogP contribution < -0.4 is 45.0 Å². The third kappa shape index (κ3) is 10.1. The van der Waals surface area contributed by atoms with Crippen LogP contribution in [-0.2, 0) is 33.2 Å². The number of hydrogen-bond acceptors (Lipinski definition) is 21. The van der Waals surface area contributed by atoms with Gasteiger partial charge < -0.3 is 109 Å². The Bertz CT molecular complexity index is 1270. The zero-order valence-electron chi connectivity index (χ0n) is 30.7. The van der Waals surface area contributed by atoms with Crippen molar-refractivity contribution >= 4 is 5.91 Å². The van der Waals surface area contributed by atoms with E-state index in [0.717, 1.165) is 12.8 Å². The van der Waals surface area contributed by atoms with Crippen molar-refractivity contribution in [3.05, 3.63) is 0 Å². The van der Waals surface area contributed by atoms with Crippen LogP contribution in [0.1, 0.15) is 25.7 Å². The van der Waals surface area contributed by atoms with Crippen molar-refractivity contribution in [2.24, 2.45) is 40.3 Å². The molecule has 0 radical (unpaired) electrons. The summed E-state index contributed by atoms with van der Waals surface area (Å²) in [5.41, 5.74) is 35.4. The number of nitrogens with one attached hydrogen (secondary N) is 2. The standard InChI is InChI=1S/C32H60F2N8O14/c33-32(34,9-36)27(49)28(50)42-14-3-12(38)24(54-29-13(39)4-15(44)17(52-29)7-41-6-10-1-11(37)2-10)26(20(14)45)56-31-23(48)25(18(8-43)53-31)55-30-19(40)22(47)21(46)16(5-35)51-30/h10-27,29-31,41,43-49H,1-9,35-40H2,(H,42,50)/t10?,11?,12-,13+,14+,15-,16-,17+,18+,19+,20-,21+,22+,23+,24+,25+,26+,27?,29+,30+,31-/m0/s1. The molecule has 56 heavy (non-hydrogen) atoms. The normalized spacial score (nSPS) is 46.6. The van der Waals surface area contributed by atoms with E-state index < -0.39 is 141 Å². The molecule has 3 aliphatic heterocycles. The number of aliphatic hydroxyl groups excluding tert-OH is 7. The summed E-state index contributed by atoms with van der Waals surface area (Å²) in [5, 5.41) is 80.0. The molecule has 326 valence electrons. The molecule has 2 saturated carbocycles. The fourth-order valence-corrected chi connectivity index (χ4v) is 7.75. The lowest BCUT2D eigenvalue weighted by atomic mass is 9.81. The molecule has 2 aliphatic carbocycles. The number of alkyl halides is 2. The Morgan fingerprint density at radius 2 is 1.38 bits per heavy atom. The summed E-state index contributed by atoms with van der Waals surface area (Å²) in [6.07, 6.45) is -21.2. The summed E-state index contributed by atoms with van der Waals surface area (Å²) in [7, 11) is 0. The molecule has 5 rings (SSSR count). The van der Waals surface area contributed by atoms with Gasteiger partial charge in [0.2, 0.25) is 0 Å². The Morgan fingerprint density at radius 3 is 2.00 bits per heavy atom. The molecule has 0 bridgehead atoms. The van der Waals surface area contributed by atoms with E-state index in [4.69, 9.17) is 62.8 Å². The molecule has 0 spiro atoms. The lowest BCUT2D eigenvalue weighted by Crippen LogP contribution is -2.68. The second-order valence-electron chi connectivity index (χ2n) is 15.5. The Balaban J connectivity index is 1.33. The van der Waals surface area contributed by atoms with Crippen molar-refractivity contribution in [2.75, 3.05) is 32.8 Å². The third-order valence-electron chi connectivity index (χ3n) is 11.2. The maximum atomic E-state index is 14.1. The highest BCUT2D eigenvalue weighted by Crippen LogP contribution is 2.35. The zero-order valence-corrected chi connectivity index (χ0v) is 30.7. The predicted molar refractivity (Wildman–Crippen MR) is 185 cm³/mol. The Hall–Kier alpha value is -1.47. The van der Waals surface area contributed by atoms with Gasteiger partial charge in [-0.25, -0.2) is 8.78 Å². The van der Waals surface area contributed by atoms with Crippen molar-refractivity contribution in [2.45, 2.75) is 154 Å².